The Bertz CT molecular complexity index is 572. The first-order valence-electron chi connectivity index (χ1n) is 6.56. The molecule has 0 aliphatic heterocycles. The fraction of sp³-hybridized carbons (Fsp3) is 0.333. The lowest BCUT2D eigenvalue weighted by atomic mass is 10.1. The van der Waals surface area contributed by atoms with Gasteiger partial charge in [-0.3, -0.25) is 4.79 Å². The van der Waals surface area contributed by atoms with Crippen molar-refractivity contribution >= 4 is 29.3 Å². The number of halogens is 1. The van der Waals surface area contributed by atoms with Gasteiger partial charge >= 0.3 is 0 Å². The van der Waals surface area contributed by atoms with Gasteiger partial charge in [-0.15, -0.1) is 11.8 Å². The predicted octanol–water partition coefficient (Wildman–Crippen LogP) is 3.78. The SMILES string of the molecule is C[C@@H](c1ccc(Cl)cc1)N(C)C(=O)CSCc1ccon1. The molecule has 0 spiro atoms. The van der Waals surface area contributed by atoms with Crippen molar-refractivity contribution in [3.8, 4) is 0 Å². The number of hydrogen-bond acceptors (Lipinski definition) is 4. The van der Waals surface area contributed by atoms with E-state index in [1.54, 1.807) is 11.0 Å². The highest BCUT2D eigenvalue weighted by atomic mass is 35.5. The van der Waals surface area contributed by atoms with Gasteiger partial charge in [0.15, 0.2) is 0 Å². The summed E-state index contributed by atoms with van der Waals surface area (Å²) in [5.74, 6) is 1.18. The van der Waals surface area contributed by atoms with Gasteiger partial charge in [-0.25, -0.2) is 0 Å². The molecule has 0 saturated carbocycles. The van der Waals surface area contributed by atoms with Crippen molar-refractivity contribution in [2.24, 2.45) is 0 Å². The van der Waals surface area contributed by atoms with Crippen LogP contribution in [0.2, 0.25) is 5.02 Å². The third kappa shape index (κ3) is 4.51. The Morgan fingerprint density at radius 2 is 2.10 bits per heavy atom. The molecule has 0 bridgehead atoms. The molecule has 1 aromatic carbocycles. The van der Waals surface area contributed by atoms with Gasteiger partial charge in [-0.1, -0.05) is 28.9 Å². The van der Waals surface area contributed by atoms with E-state index in [2.05, 4.69) is 5.16 Å². The van der Waals surface area contributed by atoms with Crippen LogP contribution in [-0.4, -0.2) is 28.8 Å². The van der Waals surface area contributed by atoms with Crippen molar-refractivity contribution in [3.63, 3.8) is 0 Å². The van der Waals surface area contributed by atoms with E-state index in [1.165, 1.54) is 18.0 Å². The third-order valence-electron chi connectivity index (χ3n) is 3.29. The van der Waals surface area contributed by atoms with E-state index in [-0.39, 0.29) is 11.9 Å². The highest BCUT2D eigenvalue weighted by Crippen LogP contribution is 2.22. The minimum atomic E-state index is 0.0161. The zero-order valence-electron chi connectivity index (χ0n) is 12.0. The van der Waals surface area contributed by atoms with Gasteiger partial charge in [0.2, 0.25) is 5.91 Å². The van der Waals surface area contributed by atoms with Crippen LogP contribution < -0.4 is 0 Å². The molecule has 0 saturated heterocycles. The molecule has 4 nitrogen and oxygen atoms in total. The minimum Gasteiger partial charge on any atom is -0.364 e. The number of nitrogens with zero attached hydrogens (tertiary/aromatic N) is 2. The van der Waals surface area contributed by atoms with Crippen LogP contribution in [0.4, 0.5) is 0 Å². The van der Waals surface area contributed by atoms with Crippen molar-refractivity contribution in [2.45, 2.75) is 18.7 Å². The van der Waals surface area contributed by atoms with E-state index >= 15 is 0 Å². The molecule has 0 fully saturated rings. The molecule has 2 aromatic rings. The van der Waals surface area contributed by atoms with Gasteiger partial charge in [0, 0.05) is 23.9 Å². The van der Waals surface area contributed by atoms with Crippen LogP contribution in [0.5, 0.6) is 0 Å². The molecule has 0 N–H and O–H groups in total. The van der Waals surface area contributed by atoms with E-state index in [0.29, 0.717) is 16.5 Å². The van der Waals surface area contributed by atoms with E-state index in [0.717, 1.165) is 11.3 Å². The largest absolute Gasteiger partial charge is 0.364 e. The fourth-order valence-corrected chi connectivity index (χ4v) is 2.80. The second-order valence-corrected chi connectivity index (χ2v) is 6.14. The molecule has 0 radical (unpaired) electrons. The van der Waals surface area contributed by atoms with Crippen LogP contribution in [0.1, 0.15) is 24.2 Å². The van der Waals surface area contributed by atoms with Gasteiger partial charge in [0.1, 0.15) is 6.26 Å². The Kier molecular flexibility index (Phi) is 5.70. The van der Waals surface area contributed by atoms with Gasteiger partial charge in [-0.2, -0.15) is 0 Å². The molecule has 1 heterocycles. The molecule has 0 unspecified atom stereocenters. The van der Waals surface area contributed by atoms with Crippen molar-refractivity contribution in [1.82, 2.24) is 10.1 Å². The second kappa shape index (κ2) is 7.52. The van der Waals surface area contributed by atoms with Crippen LogP contribution in [0, 0.1) is 0 Å². The molecular weight excluding hydrogens is 308 g/mol. The second-order valence-electron chi connectivity index (χ2n) is 4.72. The van der Waals surface area contributed by atoms with E-state index in [1.807, 2.05) is 38.2 Å². The Balaban J connectivity index is 1.84. The van der Waals surface area contributed by atoms with Crippen LogP contribution in [0.3, 0.4) is 0 Å². The number of hydrogen-bond donors (Lipinski definition) is 0. The summed E-state index contributed by atoms with van der Waals surface area (Å²) < 4.78 is 4.76. The zero-order valence-corrected chi connectivity index (χ0v) is 13.5. The summed E-state index contributed by atoms with van der Waals surface area (Å²) in [5, 5.41) is 4.51. The van der Waals surface area contributed by atoms with E-state index in [4.69, 9.17) is 16.1 Å². The third-order valence-corrected chi connectivity index (χ3v) is 4.50. The molecule has 112 valence electrons. The monoisotopic (exact) mass is 324 g/mol. The van der Waals surface area contributed by atoms with Crippen molar-refractivity contribution < 1.29 is 9.32 Å². The molecule has 2 rings (SSSR count). The Morgan fingerprint density at radius 3 is 2.71 bits per heavy atom. The van der Waals surface area contributed by atoms with E-state index in [9.17, 15) is 4.79 Å². The standard InChI is InChI=1S/C15H17ClN2O2S/c1-11(12-3-5-13(16)6-4-12)18(2)15(19)10-21-9-14-7-8-20-17-14/h3-8,11H,9-10H2,1-2H3/t11-/m0/s1. The number of carbonyl (C=O) groups is 1. The number of benzene rings is 1. The summed E-state index contributed by atoms with van der Waals surface area (Å²) in [5.41, 5.74) is 1.91. The zero-order chi connectivity index (χ0) is 15.2. The molecule has 21 heavy (non-hydrogen) atoms. The number of carbonyl (C=O) groups excluding carboxylic acids is 1. The number of amides is 1. The Labute approximate surface area is 133 Å². The number of aromatic nitrogens is 1. The minimum absolute atomic E-state index is 0.0161. The highest BCUT2D eigenvalue weighted by Gasteiger charge is 2.17. The average molecular weight is 325 g/mol. The van der Waals surface area contributed by atoms with Crippen LogP contribution in [-0.2, 0) is 10.5 Å². The lowest BCUT2D eigenvalue weighted by molar-refractivity contribution is -0.128. The first-order chi connectivity index (χ1) is 10.1. The first-order valence-corrected chi connectivity index (χ1v) is 8.09. The quantitative estimate of drug-likeness (QED) is 0.811. The summed E-state index contributed by atoms with van der Waals surface area (Å²) >= 11 is 7.41. The summed E-state index contributed by atoms with van der Waals surface area (Å²) in [6.07, 6.45) is 1.53. The fourth-order valence-electron chi connectivity index (χ4n) is 1.84. The number of thioether (sulfide) groups is 1. The molecule has 6 heteroatoms. The average Bonchev–Trinajstić information content (AvgIpc) is 2.99. The molecular formula is C15H17ClN2O2S. The topological polar surface area (TPSA) is 46.3 Å². The molecule has 0 aliphatic carbocycles. The maximum atomic E-state index is 12.2. The number of rotatable bonds is 6. The molecule has 0 aliphatic rings. The summed E-state index contributed by atoms with van der Waals surface area (Å²) in [6.45, 7) is 2.00. The summed E-state index contributed by atoms with van der Waals surface area (Å²) in [6, 6.07) is 9.38. The van der Waals surface area contributed by atoms with Gasteiger partial charge in [-0.05, 0) is 24.6 Å². The predicted molar refractivity (Wildman–Crippen MR) is 85.3 cm³/mol. The lowest BCUT2D eigenvalue weighted by Crippen LogP contribution is -2.31. The van der Waals surface area contributed by atoms with Gasteiger partial charge in [0.05, 0.1) is 17.5 Å². The summed E-state index contributed by atoms with van der Waals surface area (Å²) in [7, 11) is 1.82. The van der Waals surface area contributed by atoms with Crippen LogP contribution in [0.15, 0.2) is 41.1 Å². The van der Waals surface area contributed by atoms with E-state index < -0.39 is 0 Å². The maximum Gasteiger partial charge on any atom is 0.232 e. The van der Waals surface area contributed by atoms with Crippen LogP contribution in [0.25, 0.3) is 0 Å². The molecule has 1 aromatic heterocycles. The van der Waals surface area contributed by atoms with Crippen LogP contribution >= 0.6 is 23.4 Å². The lowest BCUT2D eigenvalue weighted by Gasteiger charge is -2.25. The van der Waals surface area contributed by atoms with Gasteiger partial charge < -0.3 is 9.42 Å². The Hall–Kier alpha value is -1.46. The highest BCUT2D eigenvalue weighted by molar-refractivity contribution is 7.99. The molecule has 1 atom stereocenters. The first kappa shape index (κ1) is 15.9. The van der Waals surface area contributed by atoms with Crippen molar-refractivity contribution in [1.29, 1.82) is 0 Å². The normalized spacial score (nSPS) is 12.1. The summed E-state index contributed by atoms with van der Waals surface area (Å²) in [4.78, 5) is 13.9. The van der Waals surface area contributed by atoms with Crippen molar-refractivity contribution in [2.75, 3.05) is 12.8 Å². The smallest absolute Gasteiger partial charge is 0.232 e. The molecule has 1 amide bonds. The van der Waals surface area contributed by atoms with Gasteiger partial charge in [0.25, 0.3) is 0 Å². The maximum absolute atomic E-state index is 12.2. The Morgan fingerprint density at radius 1 is 1.38 bits per heavy atom. The van der Waals surface area contributed by atoms with Crippen molar-refractivity contribution in [3.05, 3.63) is 52.9 Å².